The summed E-state index contributed by atoms with van der Waals surface area (Å²) < 4.78 is 0. The summed E-state index contributed by atoms with van der Waals surface area (Å²) in [6.07, 6.45) is -0.0701. The maximum Gasteiger partial charge on any atom is 0.249 e. The normalized spacial score (nSPS) is 20.8. The third-order valence-corrected chi connectivity index (χ3v) is 3.74. The molecule has 0 aromatic heterocycles. The molecule has 1 heterocycles. The molecule has 6 heteroatoms. The molecule has 1 saturated heterocycles. The summed E-state index contributed by atoms with van der Waals surface area (Å²) in [6.45, 7) is 3.64. The number of nitrogens with zero attached hydrogens (tertiary/aromatic N) is 1. The van der Waals surface area contributed by atoms with E-state index in [-0.39, 0.29) is 24.4 Å². The number of aliphatic hydroxyl groups is 1. The Balaban J connectivity index is 2.36. The van der Waals surface area contributed by atoms with Crippen LogP contribution in [0.1, 0.15) is 31.9 Å². The van der Waals surface area contributed by atoms with E-state index < -0.39 is 6.10 Å². The first-order valence-electron chi connectivity index (χ1n) is 6.52. The molecular formula is C14H17ClN2O3. The van der Waals surface area contributed by atoms with Gasteiger partial charge in [0.15, 0.2) is 0 Å². The van der Waals surface area contributed by atoms with Crippen molar-refractivity contribution < 1.29 is 14.7 Å². The van der Waals surface area contributed by atoms with E-state index in [2.05, 4.69) is 5.32 Å². The minimum Gasteiger partial charge on any atom is -0.389 e. The van der Waals surface area contributed by atoms with Gasteiger partial charge in [-0.15, -0.1) is 0 Å². The summed E-state index contributed by atoms with van der Waals surface area (Å²) in [5, 5.41) is 12.3. The predicted molar refractivity (Wildman–Crippen MR) is 76.7 cm³/mol. The van der Waals surface area contributed by atoms with Crippen molar-refractivity contribution in [1.82, 2.24) is 5.32 Å². The minimum absolute atomic E-state index is 0.120. The highest BCUT2D eigenvalue weighted by atomic mass is 35.5. The summed E-state index contributed by atoms with van der Waals surface area (Å²) in [6, 6.07) is 4.77. The van der Waals surface area contributed by atoms with E-state index in [0.29, 0.717) is 22.7 Å². The molecule has 20 heavy (non-hydrogen) atoms. The highest BCUT2D eigenvalue weighted by Gasteiger charge is 2.32. The van der Waals surface area contributed by atoms with Crippen LogP contribution >= 0.6 is 11.6 Å². The van der Waals surface area contributed by atoms with Gasteiger partial charge in [-0.25, -0.2) is 0 Å². The average Bonchev–Trinajstić information content (AvgIpc) is 2.37. The molecule has 0 radical (unpaired) electrons. The lowest BCUT2D eigenvalue weighted by atomic mass is 10.1. The number of anilines is 1. The Hall–Kier alpha value is -1.59. The molecule has 0 aliphatic carbocycles. The molecule has 1 aliphatic rings. The Morgan fingerprint density at radius 1 is 1.50 bits per heavy atom. The smallest absolute Gasteiger partial charge is 0.249 e. The van der Waals surface area contributed by atoms with Gasteiger partial charge in [0.2, 0.25) is 11.8 Å². The van der Waals surface area contributed by atoms with Crippen LogP contribution < -0.4 is 10.2 Å². The topological polar surface area (TPSA) is 69.6 Å². The van der Waals surface area contributed by atoms with Crippen LogP contribution in [-0.4, -0.2) is 29.5 Å². The van der Waals surface area contributed by atoms with Crippen LogP contribution in [0, 0.1) is 0 Å². The average molecular weight is 297 g/mol. The van der Waals surface area contributed by atoms with E-state index in [4.69, 9.17) is 11.6 Å². The van der Waals surface area contributed by atoms with Crippen molar-refractivity contribution in [2.24, 2.45) is 0 Å². The number of halogens is 1. The number of rotatable bonds is 3. The monoisotopic (exact) mass is 296 g/mol. The lowest BCUT2D eigenvalue weighted by Gasteiger charge is -2.35. The molecule has 2 amide bonds. The Morgan fingerprint density at radius 2 is 2.20 bits per heavy atom. The molecule has 1 aromatic rings. The van der Waals surface area contributed by atoms with Crippen molar-refractivity contribution in [3.8, 4) is 0 Å². The minimum atomic E-state index is -0.662. The van der Waals surface area contributed by atoms with Gasteiger partial charge in [0.1, 0.15) is 6.04 Å². The highest BCUT2D eigenvalue weighted by molar-refractivity contribution is 6.31. The number of nitrogens with one attached hydrogen (secondary N) is 1. The van der Waals surface area contributed by atoms with Crippen LogP contribution in [0.25, 0.3) is 0 Å². The van der Waals surface area contributed by atoms with Gasteiger partial charge >= 0.3 is 0 Å². The molecule has 0 saturated carbocycles. The van der Waals surface area contributed by atoms with Gasteiger partial charge in [0, 0.05) is 10.7 Å². The van der Waals surface area contributed by atoms with Gasteiger partial charge in [-0.2, -0.15) is 0 Å². The quantitative estimate of drug-likeness (QED) is 0.832. The molecule has 1 aliphatic heterocycles. The van der Waals surface area contributed by atoms with E-state index in [0.717, 1.165) is 0 Å². The molecule has 2 unspecified atom stereocenters. The number of hydrogen-bond donors (Lipinski definition) is 2. The van der Waals surface area contributed by atoms with Crippen LogP contribution in [0.15, 0.2) is 18.2 Å². The standard InChI is InChI=1S/C14H17ClN2O3/c1-3-12-14(20)16-13(19)7-17(12)9-4-5-10(8(2)18)11(15)6-9/h4-6,8,12,18H,3,7H2,1-2H3,(H,16,19,20). The number of aliphatic hydroxyl groups excluding tert-OH is 1. The van der Waals surface area contributed by atoms with E-state index in [1.165, 1.54) is 0 Å². The second-order valence-corrected chi connectivity index (χ2v) is 5.25. The third-order valence-electron chi connectivity index (χ3n) is 3.41. The molecule has 0 bridgehead atoms. The number of amides is 2. The summed E-state index contributed by atoms with van der Waals surface area (Å²) in [5.41, 5.74) is 1.32. The van der Waals surface area contributed by atoms with Crippen molar-refractivity contribution >= 4 is 29.1 Å². The molecule has 2 N–H and O–H groups in total. The summed E-state index contributed by atoms with van der Waals surface area (Å²) in [4.78, 5) is 25.1. The number of carbonyl (C=O) groups excluding carboxylic acids is 2. The zero-order valence-electron chi connectivity index (χ0n) is 11.4. The van der Waals surface area contributed by atoms with Crippen LogP contribution in [0.4, 0.5) is 5.69 Å². The fourth-order valence-corrected chi connectivity index (χ4v) is 2.71. The van der Waals surface area contributed by atoms with Gasteiger partial charge in [-0.05, 0) is 31.0 Å². The van der Waals surface area contributed by atoms with Crippen LogP contribution in [0.5, 0.6) is 0 Å². The second-order valence-electron chi connectivity index (χ2n) is 4.85. The lowest BCUT2D eigenvalue weighted by molar-refractivity contribution is -0.132. The Bertz CT molecular complexity index is 545. The SMILES string of the molecule is CCC1C(=O)NC(=O)CN1c1ccc(C(C)O)c(Cl)c1. The van der Waals surface area contributed by atoms with Crippen molar-refractivity contribution in [1.29, 1.82) is 0 Å². The van der Waals surface area contributed by atoms with E-state index in [1.54, 1.807) is 30.0 Å². The number of carbonyl (C=O) groups is 2. The zero-order chi connectivity index (χ0) is 14.9. The predicted octanol–water partition coefficient (Wildman–Crippen LogP) is 1.63. The molecule has 2 atom stereocenters. The zero-order valence-corrected chi connectivity index (χ0v) is 12.1. The Morgan fingerprint density at radius 3 is 2.75 bits per heavy atom. The van der Waals surface area contributed by atoms with Gasteiger partial charge in [-0.1, -0.05) is 24.6 Å². The Labute approximate surface area is 122 Å². The number of hydrogen-bond acceptors (Lipinski definition) is 4. The van der Waals surface area contributed by atoms with E-state index in [9.17, 15) is 14.7 Å². The molecule has 108 valence electrons. The lowest BCUT2D eigenvalue weighted by Crippen LogP contribution is -2.58. The summed E-state index contributed by atoms with van der Waals surface area (Å²) in [7, 11) is 0. The second kappa shape index (κ2) is 5.81. The van der Waals surface area contributed by atoms with Gasteiger partial charge < -0.3 is 10.0 Å². The van der Waals surface area contributed by atoms with Crippen molar-refractivity contribution in [3.05, 3.63) is 28.8 Å². The molecule has 0 spiro atoms. The largest absolute Gasteiger partial charge is 0.389 e. The first-order valence-corrected chi connectivity index (χ1v) is 6.89. The van der Waals surface area contributed by atoms with Crippen LogP contribution in [0.3, 0.4) is 0 Å². The maximum atomic E-state index is 11.8. The molecule has 1 fully saturated rings. The Kier molecular flexibility index (Phi) is 4.30. The van der Waals surface area contributed by atoms with Gasteiger partial charge in [-0.3, -0.25) is 14.9 Å². The van der Waals surface area contributed by atoms with Crippen molar-refractivity contribution in [2.75, 3.05) is 11.4 Å². The van der Waals surface area contributed by atoms with E-state index >= 15 is 0 Å². The van der Waals surface area contributed by atoms with Gasteiger partial charge in [0.25, 0.3) is 0 Å². The van der Waals surface area contributed by atoms with Gasteiger partial charge in [0.05, 0.1) is 12.6 Å². The van der Waals surface area contributed by atoms with Crippen molar-refractivity contribution in [3.63, 3.8) is 0 Å². The first-order chi connectivity index (χ1) is 9.43. The van der Waals surface area contributed by atoms with E-state index in [1.807, 2.05) is 6.92 Å². The molecular weight excluding hydrogens is 280 g/mol. The maximum absolute atomic E-state index is 11.8. The molecule has 1 aromatic carbocycles. The molecule has 2 rings (SSSR count). The fourth-order valence-electron chi connectivity index (χ4n) is 2.38. The summed E-state index contributed by atoms with van der Waals surface area (Å²) in [5.74, 6) is -0.616. The number of piperazine rings is 1. The number of benzene rings is 1. The van der Waals surface area contributed by atoms with Crippen molar-refractivity contribution in [2.45, 2.75) is 32.4 Å². The fraction of sp³-hybridized carbons (Fsp3) is 0.429. The third kappa shape index (κ3) is 2.78. The first kappa shape index (κ1) is 14.8. The highest BCUT2D eigenvalue weighted by Crippen LogP contribution is 2.29. The molecule has 5 nitrogen and oxygen atoms in total. The van der Waals surface area contributed by atoms with Crippen LogP contribution in [-0.2, 0) is 9.59 Å². The van der Waals surface area contributed by atoms with Crippen LogP contribution in [0.2, 0.25) is 5.02 Å². The summed E-state index contributed by atoms with van der Waals surface area (Å²) >= 11 is 6.14. The number of imide groups is 1.